The van der Waals surface area contributed by atoms with Crippen LogP contribution in [0.4, 0.5) is 5.69 Å². The molecule has 1 aliphatic heterocycles. The lowest BCUT2D eigenvalue weighted by Gasteiger charge is -2.27. The van der Waals surface area contributed by atoms with Crippen LogP contribution in [-0.2, 0) is 4.79 Å². The van der Waals surface area contributed by atoms with Crippen molar-refractivity contribution in [3.8, 4) is 0 Å². The highest BCUT2D eigenvalue weighted by molar-refractivity contribution is 7.14. The number of aliphatic hydroxyl groups excluding tert-OH is 1. The second-order valence-corrected chi connectivity index (χ2v) is 8.85. The minimum atomic E-state index is -0.913. The van der Waals surface area contributed by atoms with Crippen molar-refractivity contribution in [3.05, 3.63) is 66.9 Å². The van der Waals surface area contributed by atoms with Crippen LogP contribution >= 0.6 is 11.3 Å². The van der Waals surface area contributed by atoms with Gasteiger partial charge in [-0.05, 0) is 46.5 Å². The Bertz CT molecular complexity index is 1080. The highest BCUT2D eigenvalue weighted by atomic mass is 32.1. The summed E-state index contributed by atoms with van der Waals surface area (Å²) in [5.41, 5.74) is 0.700. The van der Waals surface area contributed by atoms with Gasteiger partial charge in [-0.25, -0.2) is 4.98 Å². The quantitative estimate of drug-likeness (QED) is 0.377. The Hall–Kier alpha value is -3.11. The van der Waals surface area contributed by atoms with Gasteiger partial charge in [0.2, 0.25) is 5.78 Å². The van der Waals surface area contributed by atoms with E-state index in [4.69, 9.17) is 0 Å². The second kappa shape index (κ2) is 8.94. The number of nitro groups is 1. The Morgan fingerprint density at radius 1 is 1.35 bits per heavy atom. The van der Waals surface area contributed by atoms with Crippen molar-refractivity contribution in [2.24, 2.45) is 0 Å². The molecule has 1 amide bonds. The van der Waals surface area contributed by atoms with Crippen LogP contribution < -0.4 is 0 Å². The SMILES string of the molecule is Cc1nc(C)c(C(=O)C2=C(O)C(=O)N(CCCN(C)C)[C@H]2c2cccc([N+](=O)[O-])c2)s1. The third kappa shape index (κ3) is 4.49. The van der Waals surface area contributed by atoms with Crippen LogP contribution in [0.2, 0.25) is 0 Å². The van der Waals surface area contributed by atoms with E-state index >= 15 is 0 Å². The number of hydrogen-bond acceptors (Lipinski definition) is 8. The topological polar surface area (TPSA) is 117 Å². The van der Waals surface area contributed by atoms with Gasteiger partial charge in [0.05, 0.1) is 32.1 Å². The number of aromatic nitrogens is 1. The minimum Gasteiger partial charge on any atom is -0.503 e. The average molecular weight is 445 g/mol. The fourth-order valence-electron chi connectivity index (χ4n) is 3.69. The van der Waals surface area contributed by atoms with Gasteiger partial charge in [0.1, 0.15) is 0 Å². The number of ketones is 1. The number of amides is 1. The van der Waals surface area contributed by atoms with Crippen molar-refractivity contribution in [2.75, 3.05) is 27.2 Å². The molecule has 1 aromatic carbocycles. The van der Waals surface area contributed by atoms with Crippen LogP contribution in [0.5, 0.6) is 0 Å². The molecule has 1 aromatic heterocycles. The molecule has 1 N–H and O–H groups in total. The number of hydrogen-bond donors (Lipinski definition) is 1. The summed E-state index contributed by atoms with van der Waals surface area (Å²) in [6, 6.07) is 4.91. The number of rotatable bonds is 8. The number of benzene rings is 1. The van der Waals surface area contributed by atoms with Gasteiger partial charge in [-0.3, -0.25) is 19.7 Å². The molecule has 0 saturated carbocycles. The van der Waals surface area contributed by atoms with Gasteiger partial charge in [0.15, 0.2) is 5.76 Å². The summed E-state index contributed by atoms with van der Waals surface area (Å²) in [7, 11) is 3.81. The molecule has 2 aromatic rings. The zero-order chi connectivity index (χ0) is 22.9. The van der Waals surface area contributed by atoms with Crippen LogP contribution in [0.3, 0.4) is 0 Å². The van der Waals surface area contributed by atoms with E-state index < -0.39 is 28.4 Å². The number of aliphatic hydroxyl groups is 1. The van der Waals surface area contributed by atoms with Gasteiger partial charge in [-0.15, -0.1) is 11.3 Å². The molecule has 0 unspecified atom stereocenters. The monoisotopic (exact) mass is 444 g/mol. The van der Waals surface area contributed by atoms with E-state index in [1.807, 2.05) is 19.0 Å². The van der Waals surface area contributed by atoms with Gasteiger partial charge in [0.25, 0.3) is 11.6 Å². The largest absolute Gasteiger partial charge is 0.503 e. The number of thiazole rings is 1. The number of Topliss-reactive ketones (excluding diaryl/α,β-unsaturated/α-hetero) is 1. The molecule has 3 rings (SSSR count). The molecule has 0 spiro atoms. The summed E-state index contributed by atoms with van der Waals surface area (Å²) in [6.07, 6.45) is 0.609. The molecule has 0 fully saturated rings. The van der Waals surface area contributed by atoms with E-state index in [0.717, 1.165) is 0 Å². The summed E-state index contributed by atoms with van der Waals surface area (Å²) in [6.45, 7) is 4.45. The standard InChI is InChI=1S/C21H24N4O5S/c1-12-20(31-13(2)22-12)18(26)16-17(14-7-5-8-15(11-14)25(29)30)24(21(28)19(16)27)10-6-9-23(3)4/h5,7-8,11,17,27H,6,9-10H2,1-4H3/t17-/m0/s1. The first kappa shape index (κ1) is 22.6. The molecule has 0 saturated heterocycles. The molecule has 164 valence electrons. The lowest BCUT2D eigenvalue weighted by atomic mass is 9.94. The number of aryl methyl sites for hydroxylation is 2. The van der Waals surface area contributed by atoms with E-state index in [2.05, 4.69) is 4.98 Å². The first-order valence-corrected chi connectivity index (χ1v) is 10.5. The molecule has 10 heteroatoms. The van der Waals surface area contributed by atoms with Gasteiger partial charge >= 0.3 is 0 Å². The van der Waals surface area contributed by atoms with Crippen molar-refractivity contribution in [3.63, 3.8) is 0 Å². The van der Waals surface area contributed by atoms with Crippen LogP contribution in [0.25, 0.3) is 0 Å². The lowest BCUT2D eigenvalue weighted by molar-refractivity contribution is -0.384. The molecule has 31 heavy (non-hydrogen) atoms. The summed E-state index contributed by atoms with van der Waals surface area (Å²) < 4.78 is 0. The number of carbonyl (C=O) groups excluding carboxylic acids is 2. The molecule has 0 aliphatic carbocycles. The Kier molecular flexibility index (Phi) is 6.51. The van der Waals surface area contributed by atoms with Gasteiger partial charge in [-0.2, -0.15) is 0 Å². The maximum Gasteiger partial charge on any atom is 0.290 e. The maximum atomic E-state index is 13.4. The number of nitrogens with zero attached hydrogens (tertiary/aromatic N) is 4. The lowest BCUT2D eigenvalue weighted by Crippen LogP contribution is -2.33. The molecule has 1 aliphatic rings. The molecule has 2 heterocycles. The van der Waals surface area contributed by atoms with Crippen LogP contribution in [0, 0.1) is 24.0 Å². The third-order valence-electron chi connectivity index (χ3n) is 5.06. The van der Waals surface area contributed by atoms with E-state index in [1.54, 1.807) is 19.9 Å². The molecular formula is C21H24N4O5S. The molecule has 0 bridgehead atoms. The molecule has 9 nitrogen and oxygen atoms in total. The van der Waals surface area contributed by atoms with E-state index in [-0.39, 0.29) is 17.8 Å². The highest BCUT2D eigenvalue weighted by Crippen LogP contribution is 2.40. The van der Waals surface area contributed by atoms with Crippen LogP contribution in [0.15, 0.2) is 35.6 Å². The molecule has 1 atom stereocenters. The fourth-order valence-corrected chi connectivity index (χ4v) is 4.57. The zero-order valence-corrected chi connectivity index (χ0v) is 18.6. The third-order valence-corrected chi connectivity index (χ3v) is 6.13. The smallest absolute Gasteiger partial charge is 0.290 e. The van der Waals surface area contributed by atoms with E-state index in [9.17, 15) is 24.8 Å². The zero-order valence-electron chi connectivity index (χ0n) is 17.8. The molecular weight excluding hydrogens is 420 g/mol. The van der Waals surface area contributed by atoms with E-state index in [0.29, 0.717) is 34.1 Å². The first-order chi connectivity index (χ1) is 14.6. The van der Waals surface area contributed by atoms with Crippen LogP contribution in [-0.4, -0.2) is 63.7 Å². The predicted molar refractivity (Wildman–Crippen MR) is 116 cm³/mol. The molecule has 0 radical (unpaired) electrons. The Labute approximate surface area is 183 Å². The van der Waals surface area contributed by atoms with Gasteiger partial charge in [-0.1, -0.05) is 12.1 Å². The van der Waals surface area contributed by atoms with Crippen molar-refractivity contribution in [1.82, 2.24) is 14.8 Å². The Morgan fingerprint density at radius 3 is 2.65 bits per heavy atom. The second-order valence-electron chi connectivity index (χ2n) is 7.65. The van der Waals surface area contributed by atoms with Crippen molar-refractivity contribution in [1.29, 1.82) is 0 Å². The van der Waals surface area contributed by atoms with Gasteiger partial charge < -0.3 is 14.9 Å². The summed E-state index contributed by atoms with van der Waals surface area (Å²) in [5, 5.41) is 22.7. The minimum absolute atomic E-state index is 0.0675. The summed E-state index contributed by atoms with van der Waals surface area (Å²) in [5.74, 6) is -1.75. The van der Waals surface area contributed by atoms with Crippen molar-refractivity contribution < 1.29 is 19.6 Å². The van der Waals surface area contributed by atoms with E-state index in [1.165, 1.54) is 34.4 Å². The number of nitro benzene ring substituents is 1. The normalized spacial score (nSPS) is 16.5. The predicted octanol–water partition coefficient (Wildman–Crippen LogP) is 3.20. The van der Waals surface area contributed by atoms with Crippen molar-refractivity contribution in [2.45, 2.75) is 26.3 Å². The fraction of sp³-hybridized carbons (Fsp3) is 0.381. The Balaban J connectivity index is 2.08. The summed E-state index contributed by atoms with van der Waals surface area (Å²) in [4.78, 5) is 45.1. The number of non-ortho nitro benzene ring substituents is 1. The van der Waals surface area contributed by atoms with Crippen molar-refractivity contribution >= 4 is 28.7 Å². The summed E-state index contributed by atoms with van der Waals surface area (Å²) >= 11 is 1.19. The Morgan fingerprint density at radius 2 is 2.06 bits per heavy atom. The van der Waals surface area contributed by atoms with Gasteiger partial charge in [0, 0.05) is 18.7 Å². The number of carbonyl (C=O) groups is 2. The highest BCUT2D eigenvalue weighted by Gasteiger charge is 2.44. The first-order valence-electron chi connectivity index (χ1n) is 9.73. The van der Waals surface area contributed by atoms with Crippen LogP contribution in [0.1, 0.15) is 38.4 Å². The average Bonchev–Trinajstić information content (AvgIpc) is 3.17. The maximum absolute atomic E-state index is 13.4.